The summed E-state index contributed by atoms with van der Waals surface area (Å²) >= 11 is 0. The first-order chi connectivity index (χ1) is 8.66. The lowest BCUT2D eigenvalue weighted by atomic mass is 9.98. The number of hydrogen-bond acceptors (Lipinski definition) is 3. The zero-order valence-electron chi connectivity index (χ0n) is 11.6. The molecule has 1 aromatic carbocycles. The van der Waals surface area contributed by atoms with E-state index >= 15 is 0 Å². The molecule has 18 heavy (non-hydrogen) atoms. The summed E-state index contributed by atoms with van der Waals surface area (Å²) in [5.74, 6) is 0. The summed E-state index contributed by atoms with van der Waals surface area (Å²) in [7, 11) is 4.28. The molecule has 1 saturated heterocycles. The van der Waals surface area contributed by atoms with Crippen LogP contribution in [0.25, 0.3) is 0 Å². The van der Waals surface area contributed by atoms with Crippen molar-refractivity contribution in [1.82, 2.24) is 10.2 Å². The molecule has 3 heteroatoms. The van der Waals surface area contributed by atoms with Crippen molar-refractivity contribution in [3.05, 3.63) is 35.4 Å². The number of aryl methyl sites for hydroxylation is 1. The number of ether oxygens (including phenoxy) is 1. The van der Waals surface area contributed by atoms with Gasteiger partial charge in [-0.3, -0.25) is 0 Å². The fourth-order valence-corrected chi connectivity index (χ4v) is 2.45. The Balaban J connectivity index is 2.05. The fraction of sp³-hybridized carbons (Fsp3) is 0.600. The maximum atomic E-state index is 5.81. The molecule has 1 aliphatic rings. The molecule has 1 fully saturated rings. The van der Waals surface area contributed by atoms with Gasteiger partial charge in [0.1, 0.15) is 0 Å². The number of benzene rings is 1. The minimum Gasteiger partial charge on any atom is -0.376 e. The fourth-order valence-electron chi connectivity index (χ4n) is 2.45. The van der Waals surface area contributed by atoms with Crippen LogP contribution in [0, 0.1) is 6.92 Å². The minimum absolute atomic E-state index is 0.326. The topological polar surface area (TPSA) is 24.5 Å². The standard InChI is InChI=1S/C15H24N2O/c1-12-4-6-13(7-5-12)15(17(2)3)10-14-11-16-8-9-18-14/h4-7,14-16H,8-11H2,1-3H3. The van der Waals surface area contributed by atoms with Gasteiger partial charge in [0.15, 0.2) is 0 Å². The summed E-state index contributed by atoms with van der Waals surface area (Å²) in [6, 6.07) is 9.26. The SMILES string of the molecule is Cc1ccc(C(CC2CNCCO2)N(C)C)cc1. The lowest BCUT2D eigenvalue weighted by Gasteiger charge is -2.31. The largest absolute Gasteiger partial charge is 0.376 e. The Morgan fingerprint density at radius 3 is 2.61 bits per heavy atom. The quantitative estimate of drug-likeness (QED) is 0.882. The molecule has 1 aromatic rings. The molecular weight excluding hydrogens is 224 g/mol. The predicted octanol–water partition coefficient (Wildman–Crippen LogP) is 1.98. The van der Waals surface area contributed by atoms with E-state index < -0.39 is 0 Å². The smallest absolute Gasteiger partial charge is 0.0718 e. The Labute approximate surface area is 110 Å². The Morgan fingerprint density at radius 2 is 2.06 bits per heavy atom. The van der Waals surface area contributed by atoms with E-state index in [2.05, 4.69) is 55.5 Å². The molecule has 2 rings (SSSR count). The molecule has 3 nitrogen and oxygen atoms in total. The molecule has 0 aromatic heterocycles. The van der Waals surface area contributed by atoms with Crippen LogP contribution in [0.15, 0.2) is 24.3 Å². The Morgan fingerprint density at radius 1 is 1.33 bits per heavy atom. The summed E-state index contributed by atoms with van der Waals surface area (Å²) in [5.41, 5.74) is 2.69. The second-order valence-electron chi connectivity index (χ2n) is 5.32. The number of rotatable bonds is 4. The van der Waals surface area contributed by atoms with Crippen LogP contribution in [0.1, 0.15) is 23.6 Å². The average molecular weight is 248 g/mol. The van der Waals surface area contributed by atoms with Crippen molar-refractivity contribution in [2.24, 2.45) is 0 Å². The van der Waals surface area contributed by atoms with Crippen LogP contribution < -0.4 is 5.32 Å². The molecule has 0 spiro atoms. The van der Waals surface area contributed by atoms with Gasteiger partial charge in [-0.25, -0.2) is 0 Å². The molecular formula is C15H24N2O. The van der Waals surface area contributed by atoms with Crippen molar-refractivity contribution in [2.45, 2.75) is 25.5 Å². The first-order valence-corrected chi connectivity index (χ1v) is 6.72. The summed E-state index contributed by atoms with van der Waals surface area (Å²) in [6.07, 6.45) is 1.37. The van der Waals surface area contributed by atoms with Crippen molar-refractivity contribution < 1.29 is 4.74 Å². The van der Waals surface area contributed by atoms with Crippen LogP contribution in [0.2, 0.25) is 0 Å². The first kappa shape index (κ1) is 13.5. The van der Waals surface area contributed by atoms with E-state index in [1.54, 1.807) is 0 Å². The molecule has 0 aliphatic carbocycles. The zero-order valence-corrected chi connectivity index (χ0v) is 11.6. The monoisotopic (exact) mass is 248 g/mol. The molecule has 0 saturated carbocycles. The molecule has 1 heterocycles. The molecule has 1 aliphatic heterocycles. The van der Waals surface area contributed by atoms with Gasteiger partial charge < -0.3 is 15.0 Å². The van der Waals surface area contributed by atoms with Crippen molar-refractivity contribution >= 4 is 0 Å². The van der Waals surface area contributed by atoms with Gasteiger partial charge in [0.05, 0.1) is 12.7 Å². The summed E-state index contributed by atoms with van der Waals surface area (Å²) in [4.78, 5) is 2.28. The van der Waals surface area contributed by atoms with Crippen molar-refractivity contribution in [3.63, 3.8) is 0 Å². The number of morpholine rings is 1. The highest BCUT2D eigenvalue weighted by molar-refractivity contribution is 5.24. The van der Waals surface area contributed by atoms with Crippen LogP contribution in [-0.2, 0) is 4.74 Å². The van der Waals surface area contributed by atoms with Crippen molar-refractivity contribution in [3.8, 4) is 0 Å². The number of hydrogen-bond donors (Lipinski definition) is 1. The predicted molar refractivity (Wildman–Crippen MR) is 74.8 cm³/mol. The van der Waals surface area contributed by atoms with E-state index in [1.165, 1.54) is 11.1 Å². The van der Waals surface area contributed by atoms with E-state index in [9.17, 15) is 0 Å². The highest BCUT2D eigenvalue weighted by Gasteiger charge is 2.22. The van der Waals surface area contributed by atoms with Crippen LogP contribution >= 0.6 is 0 Å². The maximum Gasteiger partial charge on any atom is 0.0718 e. The Bertz CT molecular complexity index is 355. The van der Waals surface area contributed by atoms with E-state index in [1.807, 2.05) is 0 Å². The van der Waals surface area contributed by atoms with Gasteiger partial charge in [-0.1, -0.05) is 29.8 Å². The van der Waals surface area contributed by atoms with Gasteiger partial charge in [0, 0.05) is 19.1 Å². The molecule has 2 atom stereocenters. The summed E-state index contributed by atoms with van der Waals surface area (Å²) in [6.45, 7) is 4.91. The molecule has 100 valence electrons. The van der Waals surface area contributed by atoms with Gasteiger partial charge in [-0.2, -0.15) is 0 Å². The third-order valence-electron chi connectivity index (χ3n) is 3.58. The summed E-state index contributed by atoms with van der Waals surface area (Å²) in [5, 5.41) is 3.40. The number of nitrogens with one attached hydrogen (secondary N) is 1. The molecule has 2 unspecified atom stereocenters. The normalized spacial score (nSPS) is 22.1. The highest BCUT2D eigenvalue weighted by atomic mass is 16.5. The van der Waals surface area contributed by atoms with Crippen LogP contribution in [0.5, 0.6) is 0 Å². The minimum atomic E-state index is 0.326. The first-order valence-electron chi connectivity index (χ1n) is 6.72. The zero-order chi connectivity index (χ0) is 13.0. The van der Waals surface area contributed by atoms with Gasteiger partial charge in [0.25, 0.3) is 0 Å². The third-order valence-corrected chi connectivity index (χ3v) is 3.58. The Hall–Kier alpha value is -0.900. The van der Waals surface area contributed by atoms with Gasteiger partial charge in [0.2, 0.25) is 0 Å². The van der Waals surface area contributed by atoms with Crippen molar-refractivity contribution in [2.75, 3.05) is 33.8 Å². The lowest BCUT2D eigenvalue weighted by molar-refractivity contribution is 0.00894. The van der Waals surface area contributed by atoms with Crippen LogP contribution in [0.4, 0.5) is 0 Å². The van der Waals surface area contributed by atoms with Crippen LogP contribution in [0.3, 0.4) is 0 Å². The molecule has 0 amide bonds. The van der Waals surface area contributed by atoms with Crippen LogP contribution in [-0.4, -0.2) is 44.8 Å². The third kappa shape index (κ3) is 3.55. The van der Waals surface area contributed by atoms with Crippen molar-refractivity contribution in [1.29, 1.82) is 0 Å². The molecule has 1 N–H and O–H groups in total. The van der Waals surface area contributed by atoms with Gasteiger partial charge in [-0.15, -0.1) is 0 Å². The molecule has 0 radical (unpaired) electrons. The van der Waals surface area contributed by atoms with E-state index in [4.69, 9.17) is 4.74 Å². The molecule has 0 bridgehead atoms. The average Bonchev–Trinajstić information content (AvgIpc) is 2.38. The van der Waals surface area contributed by atoms with Gasteiger partial charge >= 0.3 is 0 Å². The van der Waals surface area contributed by atoms with E-state index in [0.717, 1.165) is 26.1 Å². The summed E-state index contributed by atoms with van der Waals surface area (Å²) < 4.78 is 5.81. The van der Waals surface area contributed by atoms with Gasteiger partial charge in [-0.05, 0) is 33.0 Å². The van der Waals surface area contributed by atoms with E-state index in [0.29, 0.717) is 12.1 Å². The highest BCUT2D eigenvalue weighted by Crippen LogP contribution is 2.25. The number of nitrogens with zero attached hydrogens (tertiary/aromatic N) is 1. The maximum absolute atomic E-state index is 5.81. The lowest BCUT2D eigenvalue weighted by Crippen LogP contribution is -2.40. The second-order valence-corrected chi connectivity index (χ2v) is 5.32. The van der Waals surface area contributed by atoms with E-state index in [-0.39, 0.29) is 0 Å². The second kappa shape index (κ2) is 6.32. The Kier molecular flexibility index (Phi) is 4.75.